The number of nitrogens with one attached hydrogen (secondary N) is 3. The molecule has 2 heterocycles. The van der Waals surface area contributed by atoms with Gasteiger partial charge in [-0.15, -0.1) is 0 Å². The first-order valence-corrected chi connectivity index (χ1v) is 10.6. The molecule has 11 heteroatoms. The number of likely N-dealkylation sites (tertiary alicyclic amines) is 1. The Morgan fingerprint density at radius 3 is 2.61 bits per heavy atom. The number of methoxy groups -OCH3 is 1. The third-order valence-electron chi connectivity index (χ3n) is 4.90. The van der Waals surface area contributed by atoms with Crippen molar-refractivity contribution in [1.82, 2.24) is 20.3 Å². The number of rotatable bonds is 7. The van der Waals surface area contributed by atoms with Gasteiger partial charge in [-0.05, 0) is 57.9 Å². The zero-order valence-electron chi connectivity index (χ0n) is 19.2. The molecule has 3 rings (SSSR count). The van der Waals surface area contributed by atoms with Crippen LogP contribution in [-0.4, -0.2) is 63.8 Å². The number of benzene rings is 1. The highest BCUT2D eigenvalue weighted by Crippen LogP contribution is 2.29. The molecule has 0 radical (unpaired) electrons. The molecule has 178 valence electrons. The van der Waals surface area contributed by atoms with Crippen LogP contribution >= 0.6 is 0 Å². The minimum atomic E-state index is -0.564. The molecule has 0 spiro atoms. The van der Waals surface area contributed by atoms with E-state index in [1.165, 1.54) is 6.20 Å². The van der Waals surface area contributed by atoms with Crippen molar-refractivity contribution in [2.24, 2.45) is 0 Å². The van der Waals surface area contributed by atoms with Gasteiger partial charge in [0.2, 0.25) is 5.88 Å². The molecule has 33 heavy (non-hydrogen) atoms. The van der Waals surface area contributed by atoms with Gasteiger partial charge in [0.1, 0.15) is 22.8 Å². The van der Waals surface area contributed by atoms with Crippen LogP contribution in [0.25, 0.3) is 0 Å². The van der Waals surface area contributed by atoms with Gasteiger partial charge in [0.05, 0.1) is 19.3 Å². The maximum atomic E-state index is 12.6. The number of anilines is 1. The number of carbonyl (C=O) groups is 1. The van der Waals surface area contributed by atoms with E-state index in [4.69, 9.17) is 24.8 Å². The molecule has 4 N–H and O–H groups in total. The summed E-state index contributed by atoms with van der Waals surface area (Å²) in [5.74, 6) is 0.949. The number of hydrogen-bond donors (Lipinski definition) is 4. The molecule has 1 saturated heterocycles. The molecule has 0 saturated carbocycles. The Bertz CT molecular complexity index is 976. The summed E-state index contributed by atoms with van der Waals surface area (Å²) >= 11 is 0. The van der Waals surface area contributed by atoms with E-state index in [0.29, 0.717) is 30.3 Å². The molecule has 0 aliphatic carbocycles. The van der Waals surface area contributed by atoms with Crippen LogP contribution < -0.4 is 20.3 Å². The van der Waals surface area contributed by atoms with Crippen LogP contribution in [0.4, 0.5) is 10.5 Å². The molecular formula is C22H30N6O5. The van der Waals surface area contributed by atoms with E-state index >= 15 is 0 Å². The number of amides is 1. The topological polar surface area (TPSA) is 142 Å². The van der Waals surface area contributed by atoms with Crippen molar-refractivity contribution in [1.29, 1.82) is 5.41 Å². The number of nitrogens with zero attached hydrogens (tertiary/aromatic N) is 3. The second-order valence-corrected chi connectivity index (χ2v) is 8.53. The normalized spacial score (nSPS) is 15.7. The fourth-order valence-electron chi connectivity index (χ4n) is 3.33. The summed E-state index contributed by atoms with van der Waals surface area (Å²) in [6, 6.07) is 6.88. The van der Waals surface area contributed by atoms with Gasteiger partial charge in [-0.2, -0.15) is 4.98 Å². The first kappa shape index (κ1) is 24.1. The predicted octanol–water partition coefficient (Wildman–Crippen LogP) is 3.39. The van der Waals surface area contributed by atoms with Crippen molar-refractivity contribution in [3.05, 3.63) is 36.3 Å². The third kappa shape index (κ3) is 6.45. The number of aromatic nitrogens is 2. The van der Waals surface area contributed by atoms with Crippen molar-refractivity contribution in [2.75, 3.05) is 25.5 Å². The summed E-state index contributed by atoms with van der Waals surface area (Å²) in [5, 5.41) is 20.0. The fourth-order valence-corrected chi connectivity index (χ4v) is 3.33. The van der Waals surface area contributed by atoms with Crippen LogP contribution in [0.1, 0.15) is 39.4 Å². The number of hydrogen-bond acceptors (Lipinski definition) is 9. The molecule has 1 fully saturated rings. The molecule has 1 aliphatic rings. The lowest BCUT2D eigenvalue weighted by Gasteiger charge is -2.29. The molecule has 1 amide bonds. The third-order valence-corrected chi connectivity index (χ3v) is 4.90. The van der Waals surface area contributed by atoms with Crippen LogP contribution in [0.3, 0.4) is 0 Å². The van der Waals surface area contributed by atoms with E-state index in [-0.39, 0.29) is 29.7 Å². The minimum absolute atomic E-state index is 0.0391. The standard InChI is InChI=1S/C22H30N6O5/c1-22(2,3)33-21(29)28-11-5-6-14(28)12-24-17-13-25-19(18(23)27-30)26-20(17)32-16-9-7-15(31-4)8-10-16/h7-10,13-14,24,30H,5-6,11-12H2,1-4H3,(H2,23,27). The summed E-state index contributed by atoms with van der Waals surface area (Å²) in [7, 11) is 1.58. The first-order valence-electron chi connectivity index (χ1n) is 10.6. The Kier molecular flexibility index (Phi) is 7.54. The molecule has 1 atom stereocenters. The van der Waals surface area contributed by atoms with Gasteiger partial charge in [-0.1, -0.05) is 0 Å². The number of ether oxygens (including phenoxy) is 3. The Morgan fingerprint density at radius 2 is 1.97 bits per heavy atom. The highest BCUT2D eigenvalue weighted by molar-refractivity contribution is 5.92. The predicted molar refractivity (Wildman–Crippen MR) is 121 cm³/mol. The van der Waals surface area contributed by atoms with E-state index < -0.39 is 5.60 Å². The molecule has 2 aromatic rings. The summed E-state index contributed by atoms with van der Waals surface area (Å²) in [5.41, 5.74) is 1.65. The molecule has 1 unspecified atom stereocenters. The first-order chi connectivity index (χ1) is 15.7. The zero-order valence-corrected chi connectivity index (χ0v) is 19.2. The fraction of sp³-hybridized carbons (Fsp3) is 0.455. The molecule has 0 bridgehead atoms. The second kappa shape index (κ2) is 10.3. The molecule has 1 aromatic carbocycles. The average Bonchev–Trinajstić information content (AvgIpc) is 3.26. The number of amidine groups is 1. The molecular weight excluding hydrogens is 428 g/mol. The van der Waals surface area contributed by atoms with Crippen LogP contribution in [0.15, 0.2) is 30.5 Å². The van der Waals surface area contributed by atoms with E-state index in [1.807, 2.05) is 20.8 Å². The monoisotopic (exact) mass is 458 g/mol. The van der Waals surface area contributed by atoms with E-state index in [1.54, 1.807) is 41.8 Å². The van der Waals surface area contributed by atoms with Crippen molar-refractivity contribution in [3.8, 4) is 17.4 Å². The SMILES string of the molecule is COc1ccc(Oc2nc(C(=N)NO)ncc2NCC2CCCN2C(=O)OC(C)(C)C)cc1. The lowest BCUT2D eigenvalue weighted by Crippen LogP contribution is -2.42. The van der Waals surface area contributed by atoms with Gasteiger partial charge in [0, 0.05) is 13.1 Å². The zero-order chi connectivity index (χ0) is 24.0. The lowest BCUT2D eigenvalue weighted by atomic mass is 10.2. The van der Waals surface area contributed by atoms with E-state index in [9.17, 15) is 4.79 Å². The van der Waals surface area contributed by atoms with Crippen LogP contribution in [0.5, 0.6) is 17.4 Å². The largest absolute Gasteiger partial charge is 0.497 e. The van der Waals surface area contributed by atoms with Crippen molar-refractivity contribution in [3.63, 3.8) is 0 Å². The Morgan fingerprint density at radius 1 is 1.27 bits per heavy atom. The number of carbonyl (C=O) groups excluding carboxylic acids is 1. The Labute approximate surface area is 192 Å². The van der Waals surface area contributed by atoms with Crippen molar-refractivity contribution >= 4 is 17.6 Å². The molecule has 11 nitrogen and oxygen atoms in total. The highest BCUT2D eigenvalue weighted by atomic mass is 16.6. The Hall–Kier alpha value is -3.60. The van der Waals surface area contributed by atoms with Crippen LogP contribution in [0, 0.1) is 5.41 Å². The smallest absolute Gasteiger partial charge is 0.410 e. The van der Waals surface area contributed by atoms with Gasteiger partial charge in [-0.25, -0.2) is 15.3 Å². The van der Waals surface area contributed by atoms with Crippen molar-refractivity contribution in [2.45, 2.75) is 45.3 Å². The van der Waals surface area contributed by atoms with Crippen LogP contribution in [0.2, 0.25) is 0 Å². The van der Waals surface area contributed by atoms with Gasteiger partial charge in [0.15, 0.2) is 11.7 Å². The molecule has 1 aliphatic heterocycles. The second-order valence-electron chi connectivity index (χ2n) is 8.53. The van der Waals surface area contributed by atoms with Gasteiger partial charge >= 0.3 is 6.09 Å². The maximum absolute atomic E-state index is 12.6. The highest BCUT2D eigenvalue weighted by Gasteiger charge is 2.32. The van der Waals surface area contributed by atoms with Gasteiger partial charge in [-0.3, -0.25) is 10.6 Å². The number of hydroxylamine groups is 1. The minimum Gasteiger partial charge on any atom is -0.497 e. The summed E-state index contributed by atoms with van der Waals surface area (Å²) in [6.07, 6.45) is 2.85. The lowest BCUT2D eigenvalue weighted by molar-refractivity contribution is 0.0235. The van der Waals surface area contributed by atoms with E-state index in [0.717, 1.165) is 12.8 Å². The van der Waals surface area contributed by atoms with E-state index in [2.05, 4.69) is 15.3 Å². The Balaban J connectivity index is 1.76. The maximum Gasteiger partial charge on any atom is 0.410 e. The van der Waals surface area contributed by atoms with Gasteiger partial charge in [0.25, 0.3) is 0 Å². The molecule has 1 aromatic heterocycles. The van der Waals surface area contributed by atoms with Crippen molar-refractivity contribution < 1.29 is 24.2 Å². The summed E-state index contributed by atoms with van der Waals surface area (Å²) < 4.78 is 16.6. The average molecular weight is 459 g/mol. The van der Waals surface area contributed by atoms with Gasteiger partial charge < -0.3 is 24.4 Å². The quantitative estimate of drug-likeness (QED) is 0.279. The van der Waals surface area contributed by atoms with Crippen LogP contribution in [-0.2, 0) is 4.74 Å². The summed E-state index contributed by atoms with van der Waals surface area (Å²) in [6.45, 7) is 6.60. The summed E-state index contributed by atoms with van der Waals surface area (Å²) in [4.78, 5) is 22.6.